The number of carbonyl (C=O) groups is 1. The van der Waals surface area contributed by atoms with Crippen LogP contribution in [0.25, 0.3) is 0 Å². The van der Waals surface area contributed by atoms with Gasteiger partial charge < -0.3 is 15.2 Å². The van der Waals surface area contributed by atoms with Crippen LogP contribution in [0.1, 0.15) is 25.0 Å². The molecule has 4 heteroatoms. The van der Waals surface area contributed by atoms with Crippen LogP contribution in [0, 0.1) is 6.92 Å². The molecule has 2 N–H and O–H groups in total. The van der Waals surface area contributed by atoms with Crippen LogP contribution in [0.3, 0.4) is 0 Å². The lowest BCUT2D eigenvalue weighted by Crippen LogP contribution is -2.43. The quantitative estimate of drug-likeness (QED) is 0.810. The zero-order valence-corrected chi connectivity index (χ0v) is 10.7. The summed E-state index contributed by atoms with van der Waals surface area (Å²) in [6.45, 7) is 5.62. The average Bonchev–Trinajstić information content (AvgIpc) is 2.29. The van der Waals surface area contributed by atoms with Gasteiger partial charge in [0, 0.05) is 5.56 Å². The van der Waals surface area contributed by atoms with Crippen molar-refractivity contribution in [2.75, 3.05) is 13.7 Å². The van der Waals surface area contributed by atoms with E-state index in [0.29, 0.717) is 17.9 Å². The molecule has 1 unspecified atom stereocenters. The van der Waals surface area contributed by atoms with Gasteiger partial charge in [-0.1, -0.05) is 11.6 Å². The molecule has 1 aromatic rings. The number of hydrogen-bond donors (Lipinski definition) is 1. The van der Waals surface area contributed by atoms with Crippen molar-refractivity contribution in [1.82, 2.24) is 0 Å². The summed E-state index contributed by atoms with van der Waals surface area (Å²) in [7, 11) is 1.55. The SMILES string of the molecule is CCOC(=O)C(C)(N)c1cc(C)ccc1OC. The van der Waals surface area contributed by atoms with Gasteiger partial charge in [0.15, 0.2) is 0 Å². The van der Waals surface area contributed by atoms with Gasteiger partial charge in [0.2, 0.25) is 0 Å². The van der Waals surface area contributed by atoms with E-state index in [4.69, 9.17) is 15.2 Å². The second kappa shape index (κ2) is 5.19. The van der Waals surface area contributed by atoms with Gasteiger partial charge in [-0.2, -0.15) is 0 Å². The molecule has 1 aromatic carbocycles. The standard InChI is InChI=1S/C13H19NO3/c1-5-17-12(15)13(3,14)10-8-9(2)6-7-11(10)16-4/h6-8H,5,14H2,1-4H3. The average molecular weight is 237 g/mol. The fraction of sp³-hybridized carbons (Fsp3) is 0.462. The number of benzene rings is 1. The molecule has 0 aliphatic rings. The number of hydrogen-bond acceptors (Lipinski definition) is 4. The fourth-order valence-electron chi connectivity index (χ4n) is 1.62. The Hall–Kier alpha value is -1.55. The van der Waals surface area contributed by atoms with Gasteiger partial charge in [0.05, 0.1) is 13.7 Å². The minimum Gasteiger partial charge on any atom is -0.496 e. The first-order valence-corrected chi connectivity index (χ1v) is 5.54. The van der Waals surface area contributed by atoms with E-state index >= 15 is 0 Å². The number of methoxy groups -OCH3 is 1. The second-order valence-electron chi connectivity index (χ2n) is 4.13. The van der Waals surface area contributed by atoms with Crippen LogP contribution in [0.4, 0.5) is 0 Å². The van der Waals surface area contributed by atoms with E-state index in [1.807, 2.05) is 19.1 Å². The van der Waals surface area contributed by atoms with Crippen molar-refractivity contribution in [3.05, 3.63) is 29.3 Å². The third kappa shape index (κ3) is 2.77. The Bertz CT molecular complexity index is 413. The largest absolute Gasteiger partial charge is 0.496 e. The highest BCUT2D eigenvalue weighted by Crippen LogP contribution is 2.30. The maximum atomic E-state index is 11.8. The van der Waals surface area contributed by atoms with E-state index in [2.05, 4.69) is 0 Å². The molecule has 94 valence electrons. The Morgan fingerprint density at radius 3 is 2.65 bits per heavy atom. The Morgan fingerprint density at radius 2 is 2.12 bits per heavy atom. The Kier molecular flexibility index (Phi) is 4.12. The summed E-state index contributed by atoms with van der Waals surface area (Å²) < 4.78 is 10.2. The molecule has 0 spiro atoms. The van der Waals surface area contributed by atoms with Gasteiger partial charge in [0.25, 0.3) is 0 Å². The maximum absolute atomic E-state index is 11.8. The maximum Gasteiger partial charge on any atom is 0.330 e. The molecule has 0 saturated carbocycles. The summed E-state index contributed by atoms with van der Waals surface area (Å²) in [4.78, 5) is 11.8. The Balaban J connectivity index is 3.21. The summed E-state index contributed by atoms with van der Waals surface area (Å²) in [6.07, 6.45) is 0. The van der Waals surface area contributed by atoms with E-state index in [-0.39, 0.29) is 0 Å². The highest BCUT2D eigenvalue weighted by molar-refractivity contribution is 5.83. The van der Waals surface area contributed by atoms with Gasteiger partial charge in [-0.15, -0.1) is 0 Å². The van der Waals surface area contributed by atoms with Gasteiger partial charge in [-0.25, -0.2) is 4.79 Å². The van der Waals surface area contributed by atoms with Crippen LogP contribution in [-0.2, 0) is 15.1 Å². The van der Waals surface area contributed by atoms with Crippen molar-refractivity contribution in [1.29, 1.82) is 0 Å². The topological polar surface area (TPSA) is 61.5 Å². The molecule has 0 saturated heterocycles. The first-order valence-electron chi connectivity index (χ1n) is 5.54. The first kappa shape index (κ1) is 13.5. The van der Waals surface area contributed by atoms with Crippen molar-refractivity contribution < 1.29 is 14.3 Å². The summed E-state index contributed by atoms with van der Waals surface area (Å²) in [6, 6.07) is 5.55. The molecule has 1 atom stereocenters. The van der Waals surface area contributed by atoms with Crippen molar-refractivity contribution in [2.24, 2.45) is 5.73 Å². The fourth-order valence-corrected chi connectivity index (χ4v) is 1.62. The zero-order valence-electron chi connectivity index (χ0n) is 10.7. The van der Waals surface area contributed by atoms with Crippen LogP contribution in [0.5, 0.6) is 5.75 Å². The molecule has 0 fully saturated rings. The minimum absolute atomic E-state index is 0.305. The lowest BCUT2D eigenvalue weighted by atomic mass is 9.91. The molecule has 17 heavy (non-hydrogen) atoms. The molecule has 1 rings (SSSR count). The number of aryl methyl sites for hydroxylation is 1. The summed E-state index contributed by atoms with van der Waals surface area (Å²) >= 11 is 0. The molecule has 4 nitrogen and oxygen atoms in total. The highest BCUT2D eigenvalue weighted by atomic mass is 16.5. The van der Waals surface area contributed by atoms with Gasteiger partial charge in [0.1, 0.15) is 11.3 Å². The van der Waals surface area contributed by atoms with Gasteiger partial charge in [-0.3, -0.25) is 0 Å². The minimum atomic E-state index is -1.20. The van der Waals surface area contributed by atoms with Crippen LogP contribution in [0.2, 0.25) is 0 Å². The van der Waals surface area contributed by atoms with Crippen LogP contribution in [0.15, 0.2) is 18.2 Å². The monoisotopic (exact) mass is 237 g/mol. The number of rotatable bonds is 4. The van der Waals surface area contributed by atoms with Crippen LogP contribution < -0.4 is 10.5 Å². The van der Waals surface area contributed by atoms with Crippen molar-refractivity contribution in [2.45, 2.75) is 26.3 Å². The number of nitrogens with two attached hydrogens (primary N) is 1. The summed E-state index contributed by atoms with van der Waals surface area (Å²) in [5.74, 6) is 0.137. The number of carbonyl (C=O) groups excluding carboxylic acids is 1. The van der Waals surface area contributed by atoms with E-state index in [1.54, 1.807) is 27.0 Å². The van der Waals surface area contributed by atoms with Crippen LogP contribution in [-0.4, -0.2) is 19.7 Å². The molecule has 0 bridgehead atoms. The second-order valence-corrected chi connectivity index (χ2v) is 4.13. The zero-order chi connectivity index (χ0) is 13.1. The predicted octanol–water partition coefficient (Wildman–Crippen LogP) is 1.74. The first-order chi connectivity index (χ1) is 7.93. The Morgan fingerprint density at radius 1 is 1.47 bits per heavy atom. The molecule has 0 aromatic heterocycles. The lowest BCUT2D eigenvalue weighted by molar-refractivity contribution is -0.149. The third-order valence-corrected chi connectivity index (χ3v) is 2.61. The van der Waals surface area contributed by atoms with E-state index < -0.39 is 11.5 Å². The molecule has 0 amide bonds. The van der Waals surface area contributed by atoms with Crippen molar-refractivity contribution in [3.63, 3.8) is 0 Å². The molecule has 0 radical (unpaired) electrons. The number of esters is 1. The molecular formula is C13H19NO3. The smallest absolute Gasteiger partial charge is 0.330 e. The van der Waals surface area contributed by atoms with Crippen LogP contribution >= 0.6 is 0 Å². The highest BCUT2D eigenvalue weighted by Gasteiger charge is 2.34. The number of ether oxygens (including phenoxy) is 2. The Labute approximate surface area is 102 Å². The normalized spacial score (nSPS) is 13.9. The van der Waals surface area contributed by atoms with Crippen molar-refractivity contribution in [3.8, 4) is 5.75 Å². The predicted molar refractivity (Wildman–Crippen MR) is 65.9 cm³/mol. The molecule has 0 aliphatic carbocycles. The van der Waals surface area contributed by atoms with Crippen molar-refractivity contribution >= 4 is 5.97 Å². The summed E-state index contributed by atoms with van der Waals surface area (Å²) in [5, 5.41) is 0. The lowest BCUT2D eigenvalue weighted by Gasteiger charge is -2.25. The van der Waals surface area contributed by atoms with Gasteiger partial charge in [-0.05, 0) is 32.9 Å². The summed E-state index contributed by atoms with van der Waals surface area (Å²) in [5.41, 5.74) is 6.51. The molecular weight excluding hydrogens is 218 g/mol. The molecule has 0 aliphatic heterocycles. The third-order valence-electron chi connectivity index (χ3n) is 2.61. The molecule has 0 heterocycles. The van der Waals surface area contributed by atoms with E-state index in [0.717, 1.165) is 5.56 Å². The van der Waals surface area contributed by atoms with E-state index in [9.17, 15) is 4.79 Å². The van der Waals surface area contributed by atoms with Gasteiger partial charge >= 0.3 is 5.97 Å². The van der Waals surface area contributed by atoms with E-state index in [1.165, 1.54) is 0 Å².